The number of amides is 1. The van der Waals surface area contributed by atoms with Crippen molar-refractivity contribution in [2.45, 2.75) is 134 Å². The number of β-lactam (4-membered cyclic amide) rings is 1. The highest BCUT2D eigenvalue weighted by Crippen LogP contribution is 2.44. The molecule has 0 unspecified atom stereocenters. The number of nitrogens with one attached hydrogen (secondary N) is 1. The molecule has 2 fully saturated rings. The Morgan fingerprint density at radius 1 is 0.893 bits per heavy atom. The molecule has 0 aromatic heterocycles. The minimum absolute atomic E-state index is 0.0713. The summed E-state index contributed by atoms with van der Waals surface area (Å²) in [5, 5.41) is 3.50. The lowest BCUT2D eigenvalue weighted by atomic mass is 9.81. The summed E-state index contributed by atoms with van der Waals surface area (Å²) in [6.45, 7) is 7.39. The van der Waals surface area contributed by atoms with E-state index in [0.717, 1.165) is 19.4 Å². The number of rotatable bonds is 16. The van der Waals surface area contributed by atoms with Crippen LogP contribution in [-0.2, 0) is 9.53 Å². The zero-order valence-electron chi connectivity index (χ0n) is 19.2. The van der Waals surface area contributed by atoms with Gasteiger partial charge >= 0.3 is 0 Å². The summed E-state index contributed by atoms with van der Waals surface area (Å²) < 4.78 is 5.75. The maximum absolute atomic E-state index is 12.7. The van der Waals surface area contributed by atoms with Gasteiger partial charge < -0.3 is 9.64 Å². The predicted octanol–water partition coefficient (Wildman–Crippen LogP) is 5.79. The third-order valence-electron chi connectivity index (χ3n) is 6.93. The molecule has 4 nitrogen and oxygen atoms in total. The number of ether oxygens (including phenoxy) is 1. The average Bonchev–Trinajstić information content (AvgIpc) is 2.97. The molecular weight excluding hydrogens is 348 g/mol. The van der Waals surface area contributed by atoms with Gasteiger partial charge in [-0.05, 0) is 26.7 Å². The molecule has 1 amide bonds. The normalized spacial score (nSPS) is 25.8. The number of carbonyl (C=O) groups excluding carboxylic acids is 1. The van der Waals surface area contributed by atoms with Gasteiger partial charge in [-0.2, -0.15) is 0 Å². The number of carbonyl (C=O) groups is 1. The molecule has 2 rings (SSSR count). The van der Waals surface area contributed by atoms with Crippen LogP contribution in [0, 0.1) is 0 Å². The van der Waals surface area contributed by atoms with Crippen molar-refractivity contribution in [2.24, 2.45) is 0 Å². The maximum Gasteiger partial charge on any atom is 0.260 e. The SMILES string of the molecule is CCCCCCCCCCCCCCCC[C@]1(OC)C(=O)N2[C@@H]1NCC2(C)C. The summed E-state index contributed by atoms with van der Waals surface area (Å²) in [6, 6.07) is 0. The van der Waals surface area contributed by atoms with Gasteiger partial charge in [-0.3, -0.25) is 10.1 Å². The van der Waals surface area contributed by atoms with Crippen molar-refractivity contribution in [3.63, 3.8) is 0 Å². The summed E-state index contributed by atoms with van der Waals surface area (Å²) in [4.78, 5) is 14.7. The molecule has 2 aliphatic heterocycles. The Kier molecular flexibility index (Phi) is 9.76. The summed E-state index contributed by atoms with van der Waals surface area (Å²) in [5.74, 6) is 0.185. The van der Waals surface area contributed by atoms with E-state index in [1.54, 1.807) is 7.11 Å². The molecule has 0 spiro atoms. The first kappa shape index (κ1) is 23.7. The molecule has 0 aromatic carbocycles. The number of methoxy groups -OCH3 is 1. The zero-order chi connectivity index (χ0) is 20.5. The van der Waals surface area contributed by atoms with E-state index in [0.29, 0.717) is 0 Å². The second-order valence-corrected chi connectivity index (χ2v) is 9.71. The van der Waals surface area contributed by atoms with E-state index in [1.165, 1.54) is 83.5 Å². The van der Waals surface area contributed by atoms with E-state index in [2.05, 4.69) is 26.1 Å². The van der Waals surface area contributed by atoms with Gasteiger partial charge in [0, 0.05) is 13.7 Å². The first-order valence-electron chi connectivity index (χ1n) is 12.1. The zero-order valence-corrected chi connectivity index (χ0v) is 19.2. The number of nitrogens with zero attached hydrogens (tertiary/aromatic N) is 1. The van der Waals surface area contributed by atoms with Crippen molar-refractivity contribution in [1.29, 1.82) is 0 Å². The largest absolute Gasteiger partial charge is 0.365 e. The quantitative estimate of drug-likeness (QED) is 0.266. The monoisotopic (exact) mass is 394 g/mol. The van der Waals surface area contributed by atoms with Gasteiger partial charge in [0.05, 0.1) is 5.54 Å². The van der Waals surface area contributed by atoms with Crippen molar-refractivity contribution in [3.8, 4) is 0 Å². The van der Waals surface area contributed by atoms with E-state index in [-0.39, 0.29) is 17.6 Å². The Morgan fingerprint density at radius 2 is 1.36 bits per heavy atom. The molecule has 0 aliphatic carbocycles. The van der Waals surface area contributed by atoms with Crippen LogP contribution in [0.4, 0.5) is 0 Å². The summed E-state index contributed by atoms with van der Waals surface area (Å²) in [7, 11) is 1.70. The predicted molar refractivity (Wildman–Crippen MR) is 117 cm³/mol. The lowest BCUT2D eigenvalue weighted by Gasteiger charge is -2.55. The molecule has 164 valence electrons. The number of unbranched alkanes of at least 4 members (excludes halogenated alkanes) is 13. The van der Waals surface area contributed by atoms with Crippen LogP contribution in [0.3, 0.4) is 0 Å². The van der Waals surface area contributed by atoms with Crippen LogP contribution in [0.15, 0.2) is 0 Å². The van der Waals surface area contributed by atoms with Crippen molar-refractivity contribution >= 4 is 5.91 Å². The summed E-state index contributed by atoms with van der Waals surface area (Å²) in [6.07, 6.45) is 19.9. The number of hydrogen-bond donors (Lipinski definition) is 1. The highest BCUT2D eigenvalue weighted by Gasteiger charge is 2.67. The fourth-order valence-electron chi connectivity index (χ4n) is 5.02. The van der Waals surface area contributed by atoms with Gasteiger partial charge in [0.2, 0.25) is 0 Å². The van der Waals surface area contributed by atoms with Crippen molar-refractivity contribution in [3.05, 3.63) is 0 Å². The molecule has 0 saturated carbocycles. The average molecular weight is 395 g/mol. The fraction of sp³-hybridized carbons (Fsp3) is 0.958. The molecule has 2 aliphatic rings. The third-order valence-corrected chi connectivity index (χ3v) is 6.93. The molecule has 0 aromatic rings. The van der Waals surface area contributed by atoms with Gasteiger partial charge in [-0.15, -0.1) is 0 Å². The minimum atomic E-state index is -0.606. The van der Waals surface area contributed by atoms with E-state index >= 15 is 0 Å². The molecule has 2 heterocycles. The Balaban J connectivity index is 1.46. The van der Waals surface area contributed by atoms with E-state index in [4.69, 9.17) is 4.74 Å². The molecule has 4 heteroatoms. The summed E-state index contributed by atoms with van der Waals surface area (Å²) in [5.41, 5.74) is -0.690. The minimum Gasteiger partial charge on any atom is -0.365 e. The van der Waals surface area contributed by atoms with Crippen LogP contribution in [-0.4, -0.2) is 41.8 Å². The Labute approximate surface area is 174 Å². The van der Waals surface area contributed by atoms with E-state index in [1.807, 2.05) is 4.90 Å². The third kappa shape index (κ3) is 5.72. The number of hydrogen-bond acceptors (Lipinski definition) is 3. The van der Waals surface area contributed by atoms with E-state index in [9.17, 15) is 4.79 Å². The lowest BCUT2D eigenvalue weighted by molar-refractivity contribution is -0.205. The molecule has 0 radical (unpaired) electrons. The smallest absolute Gasteiger partial charge is 0.260 e. The molecular formula is C24H46N2O2. The second kappa shape index (κ2) is 11.5. The Hall–Kier alpha value is -0.610. The molecule has 1 N–H and O–H groups in total. The first-order chi connectivity index (χ1) is 13.5. The lowest BCUT2D eigenvalue weighted by Crippen LogP contribution is -2.77. The molecule has 2 saturated heterocycles. The first-order valence-corrected chi connectivity index (χ1v) is 12.1. The van der Waals surface area contributed by atoms with Gasteiger partial charge in [-0.1, -0.05) is 90.4 Å². The second-order valence-electron chi connectivity index (χ2n) is 9.71. The van der Waals surface area contributed by atoms with Crippen LogP contribution in [0.5, 0.6) is 0 Å². The Bertz CT molecular complexity index is 466. The maximum atomic E-state index is 12.7. The van der Waals surface area contributed by atoms with Crippen LogP contribution in [0.1, 0.15) is 117 Å². The standard InChI is InChI=1S/C24H46N2O2/c1-5-6-7-8-9-10-11-12-13-14-15-16-17-18-19-24(28-4)21-25-20-23(2,3)26(21)22(24)27/h21,25H,5-20H2,1-4H3/t21-,24+/m0/s1. The summed E-state index contributed by atoms with van der Waals surface area (Å²) >= 11 is 0. The van der Waals surface area contributed by atoms with Gasteiger partial charge in [-0.25, -0.2) is 0 Å². The van der Waals surface area contributed by atoms with Crippen LogP contribution < -0.4 is 5.32 Å². The van der Waals surface area contributed by atoms with Gasteiger partial charge in [0.1, 0.15) is 6.17 Å². The fourth-order valence-corrected chi connectivity index (χ4v) is 5.02. The van der Waals surface area contributed by atoms with Crippen molar-refractivity contribution in [1.82, 2.24) is 10.2 Å². The van der Waals surface area contributed by atoms with Gasteiger partial charge in [0.15, 0.2) is 5.60 Å². The molecule has 0 bridgehead atoms. The van der Waals surface area contributed by atoms with Crippen molar-refractivity contribution < 1.29 is 9.53 Å². The number of fused-ring (bicyclic) bond motifs is 1. The molecule has 28 heavy (non-hydrogen) atoms. The topological polar surface area (TPSA) is 41.6 Å². The highest BCUT2D eigenvalue weighted by molar-refractivity contribution is 5.94. The van der Waals surface area contributed by atoms with Crippen LogP contribution >= 0.6 is 0 Å². The van der Waals surface area contributed by atoms with Crippen LogP contribution in [0.2, 0.25) is 0 Å². The van der Waals surface area contributed by atoms with Gasteiger partial charge in [0.25, 0.3) is 5.91 Å². The Morgan fingerprint density at radius 3 is 1.82 bits per heavy atom. The highest BCUT2D eigenvalue weighted by atomic mass is 16.5. The van der Waals surface area contributed by atoms with E-state index < -0.39 is 5.60 Å². The van der Waals surface area contributed by atoms with Crippen molar-refractivity contribution in [2.75, 3.05) is 13.7 Å². The van der Waals surface area contributed by atoms with Crippen LogP contribution in [0.25, 0.3) is 0 Å². The molecule has 2 atom stereocenters.